The fourth-order valence-electron chi connectivity index (χ4n) is 1.38. The molecule has 3 heteroatoms. The zero-order valence-electron chi connectivity index (χ0n) is 9.42. The highest BCUT2D eigenvalue weighted by Crippen LogP contribution is 2.29. The Kier molecular flexibility index (Phi) is 6.43. The van der Waals surface area contributed by atoms with E-state index in [2.05, 4.69) is 6.58 Å². The van der Waals surface area contributed by atoms with Crippen molar-refractivity contribution >= 4 is 29.1 Å². The summed E-state index contributed by atoms with van der Waals surface area (Å²) in [6.45, 7) is 3.71. The van der Waals surface area contributed by atoms with Crippen LogP contribution in [-0.4, -0.2) is 5.75 Å². The number of thioether (sulfide) groups is 1. The van der Waals surface area contributed by atoms with E-state index in [4.69, 9.17) is 17.3 Å². The van der Waals surface area contributed by atoms with E-state index in [0.717, 1.165) is 27.8 Å². The van der Waals surface area contributed by atoms with Crippen LogP contribution in [0.3, 0.4) is 0 Å². The van der Waals surface area contributed by atoms with Crippen LogP contribution in [0, 0.1) is 0 Å². The molecule has 16 heavy (non-hydrogen) atoms. The van der Waals surface area contributed by atoms with Gasteiger partial charge in [-0.25, -0.2) is 0 Å². The van der Waals surface area contributed by atoms with Gasteiger partial charge in [-0.2, -0.15) is 0 Å². The van der Waals surface area contributed by atoms with Crippen molar-refractivity contribution < 1.29 is 0 Å². The number of nitrogens with two attached hydrogens (primary N) is 1. The third-order valence-corrected chi connectivity index (χ3v) is 3.85. The first-order chi connectivity index (χ1) is 7.74. The SMILES string of the molecule is C=CCCCCCSc1ccc(N)cc1Cl. The Hall–Kier alpha value is -0.600. The molecule has 0 aliphatic carbocycles. The van der Waals surface area contributed by atoms with E-state index in [1.54, 1.807) is 11.8 Å². The minimum absolute atomic E-state index is 0.723. The standard InChI is InChI=1S/C13H18ClNS/c1-2-3-4-5-6-9-16-13-8-7-11(15)10-12(13)14/h2,7-8,10H,1,3-6,9,15H2. The van der Waals surface area contributed by atoms with Crippen molar-refractivity contribution in [1.82, 2.24) is 0 Å². The Morgan fingerprint density at radius 1 is 1.31 bits per heavy atom. The van der Waals surface area contributed by atoms with E-state index in [9.17, 15) is 0 Å². The topological polar surface area (TPSA) is 26.0 Å². The minimum Gasteiger partial charge on any atom is -0.399 e. The zero-order chi connectivity index (χ0) is 11.8. The Morgan fingerprint density at radius 3 is 2.81 bits per heavy atom. The van der Waals surface area contributed by atoms with Gasteiger partial charge in [-0.15, -0.1) is 18.3 Å². The van der Waals surface area contributed by atoms with Crippen LogP contribution in [0.2, 0.25) is 5.02 Å². The lowest BCUT2D eigenvalue weighted by Crippen LogP contribution is -1.86. The molecule has 0 aliphatic rings. The average molecular weight is 256 g/mol. The van der Waals surface area contributed by atoms with Crippen LogP contribution in [0.1, 0.15) is 25.7 Å². The van der Waals surface area contributed by atoms with Gasteiger partial charge in [0.05, 0.1) is 5.02 Å². The van der Waals surface area contributed by atoms with E-state index in [1.807, 2.05) is 24.3 Å². The summed E-state index contributed by atoms with van der Waals surface area (Å²) >= 11 is 7.88. The van der Waals surface area contributed by atoms with Crippen LogP contribution in [0.25, 0.3) is 0 Å². The number of nitrogen functional groups attached to an aromatic ring is 1. The lowest BCUT2D eigenvalue weighted by molar-refractivity contribution is 0.735. The zero-order valence-corrected chi connectivity index (χ0v) is 11.0. The van der Waals surface area contributed by atoms with Crippen molar-refractivity contribution in [2.24, 2.45) is 0 Å². The molecule has 1 rings (SSSR count). The Labute approximate surface area is 107 Å². The van der Waals surface area contributed by atoms with E-state index >= 15 is 0 Å². The normalized spacial score (nSPS) is 10.3. The molecule has 0 amide bonds. The molecule has 1 aromatic carbocycles. The molecule has 0 fully saturated rings. The highest BCUT2D eigenvalue weighted by Gasteiger charge is 2.00. The highest BCUT2D eigenvalue weighted by molar-refractivity contribution is 7.99. The lowest BCUT2D eigenvalue weighted by atomic mass is 10.2. The molecule has 0 aromatic heterocycles. The highest BCUT2D eigenvalue weighted by atomic mass is 35.5. The largest absolute Gasteiger partial charge is 0.399 e. The van der Waals surface area contributed by atoms with Crippen molar-refractivity contribution in [2.75, 3.05) is 11.5 Å². The molecule has 1 aromatic rings. The molecule has 2 N–H and O–H groups in total. The molecule has 1 nitrogen and oxygen atoms in total. The number of allylic oxidation sites excluding steroid dienone is 1. The van der Waals surface area contributed by atoms with Gasteiger partial charge in [-0.05, 0) is 43.2 Å². The van der Waals surface area contributed by atoms with E-state index < -0.39 is 0 Å². The molecule has 0 aliphatic heterocycles. The average Bonchev–Trinajstić information content (AvgIpc) is 2.26. The molecule has 0 unspecified atom stereocenters. The van der Waals surface area contributed by atoms with Crippen LogP contribution < -0.4 is 5.73 Å². The summed E-state index contributed by atoms with van der Waals surface area (Å²) in [5.74, 6) is 1.11. The predicted molar refractivity (Wildman–Crippen MR) is 75.3 cm³/mol. The quantitative estimate of drug-likeness (QED) is 0.329. The van der Waals surface area contributed by atoms with Gasteiger partial charge in [0, 0.05) is 10.6 Å². The third kappa shape index (κ3) is 4.95. The molecule has 0 saturated heterocycles. The molecule has 0 atom stereocenters. The van der Waals surface area contributed by atoms with Gasteiger partial charge >= 0.3 is 0 Å². The fourth-order valence-corrected chi connectivity index (χ4v) is 2.67. The summed E-state index contributed by atoms with van der Waals surface area (Å²) in [7, 11) is 0. The maximum absolute atomic E-state index is 6.08. The number of hydrogen-bond donors (Lipinski definition) is 1. The van der Waals surface area contributed by atoms with E-state index in [0.29, 0.717) is 0 Å². The van der Waals surface area contributed by atoms with Crippen molar-refractivity contribution in [3.63, 3.8) is 0 Å². The van der Waals surface area contributed by atoms with Gasteiger partial charge in [0.15, 0.2) is 0 Å². The van der Waals surface area contributed by atoms with Crippen molar-refractivity contribution in [2.45, 2.75) is 30.6 Å². The first-order valence-electron chi connectivity index (χ1n) is 5.52. The Morgan fingerprint density at radius 2 is 2.12 bits per heavy atom. The second-order valence-electron chi connectivity index (χ2n) is 3.68. The maximum atomic E-state index is 6.08. The molecule has 0 spiro atoms. The maximum Gasteiger partial charge on any atom is 0.0562 e. The van der Waals surface area contributed by atoms with Crippen LogP contribution in [0.15, 0.2) is 35.7 Å². The number of anilines is 1. The van der Waals surface area contributed by atoms with Gasteiger partial charge in [0.1, 0.15) is 0 Å². The second kappa shape index (κ2) is 7.64. The van der Waals surface area contributed by atoms with Crippen LogP contribution in [0.4, 0.5) is 5.69 Å². The summed E-state index contributed by atoms with van der Waals surface area (Å²) in [5.41, 5.74) is 6.36. The summed E-state index contributed by atoms with van der Waals surface area (Å²) in [5, 5.41) is 0.760. The van der Waals surface area contributed by atoms with Crippen molar-refractivity contribution in [3.05, 3.63) is 35.9 Å². The number of benzene rings is 1. The van der Waals surface area contributed by atoms with Gasteiger partial charge < -0.3 is 5.73 Å². The first kappa shape index (κ1) is 13.5. The van der Waals surface area contributed by atoms with Crippen molar-refractivity contribution in [3.8, 4) is 0 Å². The molecule has 88 valence electrons. The summed E-state index contributed by atoms with van der Waals surface area (Å²) in [6, 6.07) is 5.69. The van der Waals surface area contributed by atoms with Crippen LogP contribution >= 0.6 is 23.4 Å². The third-order valence-electron chi connectivity index (χ3n) is 2.27. The number of rotatable bonds is 7. The van der Waals surface area contributed by atoms with Gasteiger partial charge in [-0.1, -0.05) is 24.1 Å². The Bertz CT molecular complexity index is 339. The molecule has 0 radical (unpaired) electrons. The molecular weight excluding hydrogens is 238 g/mol. The monoisotopic (exact) mass is 255 g/mol. The fraction of sp³-hybridized carbons (Fsp3) is 0.385. The number of unbranched alkanes of at least 4 members (excludes halogenated alkanes) is 3. The summed E-state index contributed by atoms with van der Waals surface area (Å²) in [4.78, 5) is 1.12. The lowest BCUT2D eigenvalue weighted by Gasteiger charge is -2.04. The molecular formula is C13H18ClNS. The van der Waals surface area contributed by atoms with E-state index in [1.165, 1.54) is 19.3 Å². The molecule has 0 bridgehead atoms. The van der Waals surface area contributed by atoms with Crippen LogP contribution in [-0.2, 0) is 0 Å². The second-order valence-corrected chi connectivity index (χ2v) is 5.22. The van der Waals surface area contributed by atoms with Crippen LogP contribution in [0.5, 0.6) is 0 Å². The first-order valence-corrected chi connectivity index (χ1v) is 6.89. The molecule has 0 heterocycles. The smallest absolute Gasteiger partial charge is 0.0562 e. The number of halogens is 1. The predicted octanol–water partition coefficient (Wildman–Crippen LogP) is 4.76. The van der Waals surface area contributed by atoms with Gasteiger partial charge in [-0.3, -0.25) is 0 Å². The Balaban J connectivity index is 2.24. The number of hydrogen-bond acceptors (Lipinski definition) is 2. The minimum atomic E-state index is 0.723. The molecule has 0 saturated carbocycles. The van der Waals surface area contributed by atoms with E-state index in [-0.39, 0.29) is 0 Å². The van der Waals surface area contributed by atoms with Crippen molar-refractivity contribution in [1.29, 1.82) is 0 Å². The summed E-state index contributed by atoms with van der Waals surface area (Å²) in [6.07, 6.45) is 6.81. The van der Waals surface area contributed by atoms with Gasteiger partial charge in [0.25, 0.3) is 0 Å². The van der Waals surface area contributed by atoms with Gasteiger partial charge in [0.2, 0.25) is 0 Å². The summed E-state index contributed by atoms with van der Waals surface area (Å²) < 4.78 is 0.